The minimum absolute atomic E-state index is 0. The van der Waals surface area contributed by atoms with Crippen molar-refractivity contribution in [3.63, 3.8) is 0 Å². The van der Waals surface area contributed by atoms with Gasteiger partial charge in [-0.05, 0) is 30.9 Å². The van der Waals surface area contributed by atoms with Crippen molar-refractivity contribution < 1.29 is 0 Å². The van der Waals surface area contributed by atoms with Crippen molar-refractivity contribution >= 4 is 23.8 Å². The van der Waals surface area contributed by atoms with Crippen molar-refractivity contribution in [3.05, 3.63) is 29.8 Å². The SMILES string of the molecule is CC12CCCCC1=Nc1ccccc12.Cl. The second-order valence-electron chi connectivity index (χ2n) is 4.61. The summed E-state index contributed by atoms with van der Waals surface area (Å²) in [4.78, 5) is 4.76. The molecule has 0 N–H and O–H groups in total. The highest BCUT2D eigenvalue weighted by atomic mass is 35.5. The van der Waals surface area contributed by atoms with Crippen LogP contribution in [0.3, 0.4) is 0 Å². The first kappa shape index (κ1) is 10.7. The Balaban J connectivity index is 0.000000853. The lowest BCUT2D eigenvalue weighted by atomic mass is 9.71. The summed E-state index contributed by atoms with van der Waals surface area (Å²) in [6, 6.07) is 8.61. The van der Waals surface area contributed by atoms with Crippen LogP contribution in [0.5, 0.6) is 0 Å². The van der Waals surface area contributed by atoms with E-state index in [0.717, 1.165) is 0 Å². The van der Waals surface area contributed by atoms with Gasteiger partial charge in [0.15, 0.2) is 0 Å². The lowest BCUT2D eigenvalue weighted by Gasteiger charge is -2.31. The standard InChI is InChI=1S/C13H15N.ClH/c1-13-9-5-4-8-12(13)14-11-7-3-2-6-10(11)13;/h2-3,6-7H,4-5,8-9H2,1H3;1H. The van der Waals surface area contributed by atoms with Crippen molar-refractivity contribution in [2.45, 2.75) is 38.0 Å². The molecule has 0 amide bonds. The fourth-order valence-corrected chi connectivity index (χ4v) is 2.84. The summed E-state index contributed by atoms with van der Waals surface area (Å²) < 4.78 is 0. The molecule has 1 aromatic carbocycles. The molecule has 1 fully saturated rings. The molecule has 1 heterocycles. The van der Waals surface area contributed by atoms with Crippen molar-refractivity contribution in [2.75, 3.05) is 0 Å². The minimum atomic E-state index is 0. The topological polar surface area (TPSA) is 12.4 Å². The Morgan fingerprint density at radius 3 is 2.87 bits per heavy atom. The Labute approximate surface area is 97.0 Å². The van der Waals surface area contributed by atoms with Gasteiger partial charge in [0, 0.05) is 11.1 Å². The fraction of sp³-hybridized carbons (Fsp3) is 0.462. The maximum Gasteiger partial charge on any atom is 0.0670 e. The molecular formula is C13H16ClN. The maximum atomic E-state index is 4.76. The van der Waals surface area contributed by atoms with E-state index in [9.17, 15) is 0 Å². The maximum absolute atomic E-state index is 4.76. The van der Waals surface area contributed by atoms with E-state index in [-0.39, 0.29) is 17.8 Å². The van der Waals surface area contributed by atoms with Crippen molar-refractivity contribution in [3.8, 4) is 0 Å². The van der Waals surface area contributed by atoms with Crippen LogP contribution in [-0.4, -0.2) is 5.71 Å². The van der Waals surface area contributed by atoms with E-state index >= 15 is 0 Å². The number of hydrogen-bond acceptors (Lipinski definition) is 1. The van der Waals surface area contributed by atoms with Crippen LogP contribution in [0.2, 0.25) is 0 Å². The Morgan fingerprint density at radius 1 is 1.20 bits per heavy atom. The summed E-state index contributed by atoms with van der Waals surface area (Å²) in [6.45, 7) is 2.36. The average Bonchev–Trinajstić information content (AvgIpc) is 2.51. The molecule has 1 aliphatic heterocycles. The van der Waals surface area contributed by atoms with Gasteiger partial charge >= 0.3 is 0 Å². The highest BCUT2D eigenvalue weighted by Gasteiger charge is 2.39. The van der Waals surface area contributed by atoms with Gasteiger partial charge in [-0.1, -0.05) is 31.5 Å². The minimum Gasteiger partial charge on any atom is -0.257 e. The number of para-hydroxylation sites is 1. The van der Waals surface area contributed by atoms with E-state index in [1.54, 1.807) is 0 Å². The summed E-state index contributed by atoms with van der Waals surface area (Å²) in [7, 11) is 0. The zero-order chi connectivity index (χ0) is 9.60. The first-order chi connectivity index (χ1) is 6.81. The number of benzene rings is 1. The third kappa shape index (κ3) is 1.41. The predicted molar refractivity (Wildman–Crippen MR) is 66.6 cm³/mol. The molecule has 1 saturated carbocycles. The number of fused-ring (bicyclic) bond motifs is 3. The first-order valence-corrected chi connectivity index (χ1v) is 5.48. The summed E-state index contributed by atoms with van der Waals surface area (Å²) >= 11 is 0. The molecular weight excluding hydrogens is 206 g/mol. The van der Waals surface area contributed by atoms with E-state index in [4.69, 9.17) is 4.99 Å². The van der Waals surface area contributed by atoms with Crippen LogP contribution < -0.4 is 0 Å². The molecule has 0 spiro atoms. The third-order valence-corrected chi connectivity index (χ3v) is 3.73. The van der Waals surface area contributed by atoms with Gasteiger partial charge in [-0.15, -0.1) is 12.4 Å². The van der Waals surface area contributed by atoms with Crippen LogP contribution >= 0.6 is 12.4 Å². The van der Waals surface area contributed by atoms with E-state index in [2.05, 4.69) is 31.2 Å². The number of hydrogen-bond donors (Lipinski definition) is 0. The highest BCUT2D eigenvalue weighted by Crippen LogP contribution is 2.46. The Hall–Kier alpha value is -0.820. The number of nitrogens with zero attached hydrogens (tertiary/aromatic N) is 1. The summed E-state index contributed by atoms with van der Waals surface area (Å²) in [5, 5.41) is 0. The Kier molecular flexibility index (Phi) is 2.59. The van der Waals surface area contributed by atoms with E-state index in [0.29, 0.717) is 0 Å². The predicted octanol–water partition coefficient (Wildman–Crippen LogP) is 4.03. The monoisotopic (exact) mass is 221 g/mol. The van der Waals surface area contributed by atoms with Gasteiger partial charge in [0.05, 0.1) is 5.69 Å². The summed E-state index contributed by atoms with van der Waals surface area (Å²) in [6.07, 6.45) is 5.15. The lowest BCUT2D eigenvalue weighted by molar-refractivity contribution is 0.498. The molecule has 2 heteroatoms. The van der Waals surface area contributed by atoms with Crippen molar-refractivity contribution in [1.29, 1.82) is 0 Å². The molecule has 1 unspecified atom stereocenters. The van der Waals surface area contributed by atoms with Gasteiger partial charge in [0.1, 0.15) is 0 Å². The number of aliphatic imine (C=N–C) groups is 1. The Bertz CT molecular complexity index is 411. The van der Waals surface area contributed by atoms with Gasteiger partial charge < -0.3 is 0 Å². The molecule has 0 aromatic heterocycles. The van der Waals surface area contributed by atoms with Crippen LogP contribution in [0.15, 0.2) is 29.3 Å². The van der Waals surface area contributed by atoms with Gasteiger partial charge in [0.2, 0.25) is 0 Å². The van der Waals surface area contributed by atoms with Crippen molar-refractivity contribution in [1.82, 2.24) is 0 Å². The molecule has 2 aliphatic rings. The molecule has 1 aliphatic carbocycles. The second kappa shape index (κ2) is 3.64. The van der Waals surface area contributed by atoms with Gasteiger partial charge in [-0.2, -0.15) is 0 Å². The van der Waals surface area contributed by atoms with Crippen LogP contribution in [-0.2, 0) is 5.41 Å². The average molecular weight is 222 g/mol. The lowest BCUT2D eigenvalue weighted by Crippen LogP contribution is -2.32. The number of rotatable bonds is 0. The van der Waals surface area contributed by atoms with Crippen molar-refractivity contribution in [2.24, 2.45) is 4.99 Å². The zero-order valence-corrected chi connectivity index (χ0v) is 9.81. The fourth-order valence-electron chi connectivity index (χ4n) is 2.84. The van der Waals surface area contributed by atoms with Crippen LogP contribution in [0, 0.1) is 0 Å². The molecule has 0 bridgehead atoms. The van der Waals surface area contributed by atoms with Crippen LogP contribution in [0.25, 0.3) is 0 Å². The quantitative estimate of drug-likeness (QED) is 0.628. The van der Waals surface area contributed by atoms with Crippen LogP contribution in [0.4, 0.5) is 5.69 Å². The summed E-state index contributed by atoms with van der Waals surface area (Å²) in [5.74, 6) is 0. The van der Waals surface area contributed by atoms with E-state index in [1.807, 2.05) is 0 Å². The van der Waals surface area contributed by atoms with Gasteiger partial charge in [-0.3, -0.25) is 4.99 Å². The van der Waals surface area contributed by atoms with Gasteiger partial charge in [0.25, 0.3) is 0 Å². The third-order valence-electron chi connectivity index (χ3n) is 3.73. The molecule has 1 atom stereocenters. The second-order valence-corrected chi connectivity index (χ2v) is 4.61. The van der Waals surface area contributed by atoms with E-state index in [1.165, 1.54) is 42.6 Å². The summed E-state index contributed by atoms with van der Waals surface area (Å²) in [5.41, 5.74) is 4.36. The molecule has 1 nitrogen and oxygen atoms in total. The Morgan fingerprint density at radius 2 is 2.00 bits per heavy atom. The van der Waals surface area contributed by atoms with Gasteiger partial charge in [-0.25, -0.2) is 0 Å². The van der Waals surface area contributed by atoms with E-state index < -0.39 is 0 Å². The molecule has 0 radical (unpaired) electrons. The molecule has 15 heavy (non-hydrogen) atoms. The molecule has 80 valence electrons. The largest absolute Gasteiger partial charge is 0.257 e. The number of halogens is 1. The smallest absolute Gasteiger partial charge is 0.0670 e. The van der Waals surface area contributed by atoms with Crippen LogP contribution in [0.1, 0.15) is 38.2 Å². The molecule has 0 saturated heterocycles. The first-order valence-electron chi connectivity index (χ1n) is 5.48. The molecule has 1 aromatic rings. The molecule has 3 rings (SSSR count). The highest BCUT2D eigenvalue weighted by molar-refractivity contribution is 6.01. The normalized spacial score (nSPS) is 27.4. The zero-order valence-electron chi connectivity index (χ0n) is 8.99.